The Balaban J connectivity index is 1.79. The quantitative estimate of drug-likeness (QED) is 0.749. The minimum absolute atomic E-state index is 0.0413. The number of rotatable bonds is 7. The smallest absolute Gasteiger partial charge is 0.240 e. The molecule has 2 rings (SSSR count). The average Bonchev–Trinajstić information content (AvgIpc) is 2.94. The Morgan fingerprint density at radius 3 is 2.52 bits per heavy atom. The van der Waals surface area contributed by atoms with Crippen LogP contribution in [-0.4, -0.2) is 31.8 Å². The van der Waals surface area contributed by atoms with Crippen molar-refractivity contribution in [2.45, 2.75) is 37.8 Å². The van der Waals surface area contributed by atoms with Gasteiger partial charge in [-0.25, -0.2) is 0 Å². The minimum Gasteiger partial charge on any atom is -0.491 e. The first-order valence-electron chi connectivity index (χ1n) is 7.42. The standard InChI is InChI=1S/C16H24N2O3/c1-20-10-11-21-14-6-4-13(5-7-14)12-18-15(19)16(17)8-2-3-9-16/h4-7H,2-3,8-12,17H2,1H3,(H,18,19). The molecule has 0 heterocycles. The molecule has 1 saturated carbocycles. The molecule has 5 nitrogen and oxygen atoms in total. The number of carbonyl (C=O) groups excluding carboxylic acids is 1. The second-order valence-electron chi connectivity index (χ2n) is 5.53. The van der Waals surface area contributed by atoms with E-state index in [1.165, 1.54) is 0 Å². The van der Waals surface area contributed by atoms with Crippen LogP contribution >= 0.6 is 0 Å². The van der Waals surface area contributed by atoms with Crippen LogP contribution in [0.5, 0.6) is 5.75 Å². The summed E-state index contributed by atoms with van der Waals surface area (Å²) in [6.45, 7) is 1.59. The fourth-order valence-electron chi connectivity index (χ4n) is 2.54. The first-order chi connectivity index (χ1) is 10.1. The van der Waals surface area contributed by atoms with Crippen LogP contribution in [0.25, 0.3) is 0 Å². The van der Waals surface area contributed by atoms with Crippen LogP contribution in [0.3, 0.4) is 0 Å². The third kappa shape index (κ3) is 4.44. The summed E-state index contributed by atoms with van der Waals surface area (Å²) in [6.07, 6.45) is 3.64. The third-order valence-electron chi connectivity index (χ3n) is 3.88. The van der Waals surface area contributed by atoms with Gasteiger partial charge >= 0.3 is 0 Å². The van der Waals surface area contributed by atoms with Gasteiger partial charge in [0.05, 0.1) is 12.1 Å². The van der Waals surface area contributed by atoms with Crippen molar-refractivity contribution >= 4 is 5.91 Å². The van der Waals surface area contributed by atoms with Gasteiger partial charge < -0.3 is 20.5 Å². The van der Waals surface area contributed by atoms with E-state index in [-0.39, 0.29) is 5.91 Å². The Morgan fingerprint density at radius 1 is 1.24 bits per heavy atom. The molecule has 0 bridgehead atoms. The lowest BCUT2D eigenvalue weighted by atomic mass is 9.98. The molecule has 3 N–H and O–H groups in total. The maximum atomic E-state index is 12.1. The molecule has 1 aromatic rings. The molecule has 0 aliphatic heterocycles. The van der Waals surface area contributed by atoms with Crippen LogP contribution in [0.4, 0.5) is 0 Å². The number of hydrogen-bond acceptors (Lipinski definition) is 4. The molecule has 5 heteroatoms. The highest BCUT2D eigenvalue weighted by atomic mass is 16.5. The van der Waals surface area contributed by atoms with E-state index in [1.54, 1.807) is 7.11 Å². The number of ether oxygens (including phenoxy) is 2. The van der Waals surface area contributed by atoms with Crippen molar-refractivity contribution in [3.63, 3.8) is 0 Å². The molecule has 0 atom stereocenters. The van der Waals surface area contributed by atoms with Gasteiger partial charge in [-0.05, 0) is 30.5 Å². The molecule has 0 saturated heterocycles. The highest BCUT2D eigenvalue weighted by Gasteiger charge is 2.36. The lowest BCUT2D eigenvalue weighted by Gasteiger charge is -2.22. The maximum Gasteiger partial charge on any atom is 0.240 e. The molecule has 1 fully saturated rings. The zero-order valence-corrected chi connectivity index (χ0v) is 12.6. The van der Waals surface area contributed by atoms with Crippen molar-refractivity contribution in [1.29, 1.82) is 0 Å². The molecule has 1 aliphatic carbocycles. The number of carbonyl (C=O) groups is 1. The van der Waals surface area contributed by atoms with E-state index in [9.17, 15) is 4.79 Å². The predicted molar refractivity (Wildman–Crippen MR) is 81.0 cm³/mol. The number of benzene rings is 1. The summed E-state index contributed by atoms with van der Waals surface area (Å²) >= 11 is 0. The summed E-state index contributed by atoms with van der Waals surface area (Å²) in [7, 11) is 1.64. The van der Waals surface area contributed by atoms with E-state index in [0.717, 1.165) is 37.0 Å². The monoisotopic (exact) mass is 292 g/mol. The van der Waals surface area contributed by atoms with Gasteiger partial charge in [0, 0.05) is 13.7 Å². The molecule has 0 spiro atoms. The molecule has 1 amide bonds. The number of methoxy groups -OCH3 is 1. The van der Waals surface area contributed by atoms with Crippen molar-refractivity contribution in [3.8, 4) is 5.75 Å². The third-order valence-corrected chi connectivity index (χ3v) is 3.88. The number of hydrogen-bond donors (Lipinski definition) is 2. The Kier molecular flexibility index (Phi) is 5.59. The van der Waals surface area contributed by atoms with Gasteiger partial charge in [-0.15, -0.1) is 0 Å². The topological polar surface area (TPSA) is 73.6 Å². The van der Waals surface area contributed by atoms with Crippen LogP contribution in [0.1, 0.15) is 31.2 Å². The van der Waals surface area contributed by atoms with E-state index in [0.29, 0.717) is 19.8 Å². The summed E-state index contributed by atoms with van der Waals surface area (Å²) in [5.74, 6) is 0.758. The molecule has 116 valence electrons. The van der Waals surface area contributed by atoms with Gasteiger partial charge in [-0.2, -0.15) is 0 Å². The Bertz CT molecular complexity index is 453. The molecular formula is C16H24N2O3. The summed E-state index contributed by atoms with van der Waals surface area (Å²) < 4.78 is 10.4. The molecule has 0 aromatic heterocycles. The highest BCUT2D eigenvalue weighted by Crippen LogP contribution is 2.27. The molecule has 1 aromatic carbocycles. The summed E-state index contributed by atoms with van der Waals surface area (Å²) in [5.41, 5.74) is 6.48. The first kappa shape index (κ1) is 15.8. The second-order valence-corrected chi connectivity index (χ2v) is 5.53. The predicted octanol–water partition coefficient (Wildman–Crippen LogP) is 1.60. The average molecular weight is 292 g/mol. The van der Waals surface area contributed by atoms with E-state index in [4.69, 9.17) is 15.2 Å². The lowest BCUT2D eigenvalue weighted by molar-refractivity contribution is -0.126. The number of nitrogens with two attached hydrogens (primary N) is 1. The first-order valence-corrected chi connectivity index (χ1v) is 7.42. The number of nitrogens with one attached hydrogen (secondary N) is 1. The number of amides is 1. The van der Waals surface area contributed by atoms with Gasteiger partial charge in [0.1, 0.15) is 12.4 Å². The molecule has 21 heavy (non-hydrogen) atoms. The second kappa shape index (κ2) is 7.43. The molecular weight excluding hydrogens is 268 g/mol. The van der Waals surface area contributed by atoms with Crippen LogP contribution in [-0.2, 0) is 16.1 Å². The van der Waals surface area contributed by atoms with Gasteiger partial charge in [-0.1, -0.05) is 25.0 Å². The largest absolute Gasteiger partial charge is 0.491 e. The Labute approximate surface area is 125 Å². The van der Waals surface area contributed by atoms with E-state index in [2.05, 4.69) is 5.32 Å². The Hall–Kier alpha value is -1.59. The van der Waals surface area contributed by atoms with Gasteiger partial charge in [0.15, 0.2) is 0 Å². The van der Waals surface area contributed by atoms with Crippen LogP contribution < -0.4 is 15.8 Å². The van der Waals surface area contributed by atoms with Crippen LogP contribution in [0, 0.1) is 0 Å². The van der Waals surface area contributed by atoms with Gasteiger partial charge in [-0.3, -0.25) is 4.79 Å². The van der Waals surface area contributed by atoms with Crippen molar-refractivity contribution in [1.82, 2.24) is 5.32 Å². The highest BCUT2D eigenvalue weighted by molar-refractivity contribution is 5.86. The van der Waals surface area contributed by atoms with E-state index < -0.39 is 5.54 Å². The van der Waals surface area contributed by atoms with Crippen molar-refractivity contribution in [3.05, 3.63) is 29.8 Å². The fourth-order valence-corrected chi connectivity index (χ4v) is 2.54. The van der Waals surface area contributed by atoms with Gasteiger partial charge in [0.25, 0.3) is 0 Å². The SMILES string of the molecule is COCCOc1ccc(CNC(=O)C2(N)CCCC2)cc1. The normalized spacial score (nSPS) is 16.7. The zero-order valence-electron chi connectivity index (χ0n) is 12.6. The molecule has 1 aliphatic rings. The Morgan fingerprint density at radius 2 is 1.90 bits per heavy atom. The minimum atomic E-state index is -0.663. The molecule has 0 radical (unpaired) electrons. The fraction of sp³-hybridized carbons (Fsp3) is 0.562. The maximum absolute atomic E-state index is 12.1. The van der Waals surface area contributed by atoms with Gasteiger partial charge in [0.2, 0.25) is 5.91 Å². The van der Waals surface area contributed by atoms with Crippen molar-refractivity contribution in [2.24, 2.45) is 5.73 Å². The summed E-state index contributed by atoms with van der Waals surface area (Å²) in [5, 5.41) is 2.93. The van der Waals surface area contributed by atoms with E-state index >= 15 is 0 Å². The van der Waals surface area contributed by atoms with Crippen molar-refractivity contribution < 1.29 is 14.3 Å². The van der Waals surface area contributed by atoms with Crippen LogP contribution in [0.15, 0.2) is 24.3 Å². The van der Waals surface area contributed by atoms with Crippen molar-refractivity contribution in [2.75, 3.05) is 20.3 Å². The summed E-state index contributed by atoms with van der Waals surface area (Å²) in [6, 6.07) is 7.68. The summed E-state index contributed by atoms with van der Waals surface area (Å²) in [4.78, 5) is 12.1. The zero-order chi connectivity index (χ0) is 15.1. The van der Waals surface area contributed by atoms with E-state index in [1.807, 2.05) is 24.3 Å². The molecule has 0 unspecified atom stereocenters. The lowest BCUT2D eigenvalue weighted by Crippen LogP contribution is -2.51. The van der Waals surface area contributed by atoms with Crippen LogP contribution in [0.2, 0.25) is 0 Å².